The molecule has 1 N–H and O–H groups in total. The van der Waals surface area contributed by atoms with E-state index < -0.39 is 0 Å². The molecule has 0 aliphatic carbocycles. The van der Waals surface area contributed by atoms with Crippen molar-refractivity contribution in [2.24, 2.45) is 0 Å². The van der Waals surface area contributed by atoms with Gasteiger partial charge >= 0.3 is 0 Å². The van der Waals surface area contributed by atoms with Crippen LogP contribution in [0, 0.1) is 6.92 Å². The summed E-state index contributed by atoms with van der Waals surface area (Å²) in [5.74, 6) is 0. The molecule has 0 saturated heterocycles. The maximum Gasteiger partial charge on any atom is 0.0865 e. The van der Waals surface area contributed by atoms with E-state index in [2.05, 4.69) is 46.5 Å². The number of aromatic nitrogens is 2. The van der Waals surface area contributed by atoms with Gasteiger partial charge in [-0.2, -0.15) is 5.10 Å². The van der Waals surface area contributed by atoms with Crippen molar-refractivity contribution >= 4 is 23.0 Å². The zero-order valence-corrected chi connectivity index (χ0v) is 13.2. The second-order valence-corrected chi connectivity index (χ2v) is 5.33. The van der Waals surface area contributed by atoms with Crippen molar-refractivity contribution in [3.8, 4) is 0 Å². The summed E-state index contributed by atoms with van der Waals surface area (Å²) in [6.07, 6.45) is 0. The molecule has 1 aromatic carbocycles. The number of nitrogens with one attached hydrogen (secondary N) is 1. The van der Waals surface area contributed by atoms with Crippen molar-refractivity contribution in [2.75, 3.05) is 24.3 Å². The summed E-state index contributed by atoms with van der Waals surface area (Å²) in [4.78, 5) is 2.08. The van der Waals surface area contributed by atoms with Crippen molar-refractivity contribution in [3.05, 3.63) is 40.7 Å². The molecule has 0 aliphatic rings. The molecule has 4 nitrogen and oxygen atoms in total. The highest BCUT2D eigenvalue weighted by Gasteiger charge is 2.11. The fraction of sp³-hybridized carbons (Fsp3) is 0.400. The summed E-state index contributed by atoms with van der Waals surface area (Å²) in [6, 6.07) is 8.32. The van der Waals surface area contributed by atoms with Gasteiger partial charge in [-0.15, -0.1) is 0 Å². The van der Waals surface area contributed by atoms with Crippen LogP contribution in [0.2, 0.25) is 5.02 Å². The van der Waals surface area contributed by atoms with E-state index in [9.17, 15) is 0 Å². The third kappa shape index (κ3) is 3.07. The average molecular weight is 293 g/mol. The monoisotopic (exact) mass is 292 g/mol. The van der Waals surface area contributed by atoms with E-state index in [1.165, 1.54) is 5.69 Å². The summed E-state index contributed by atoms with van der Waals surface area (Å²) in [5.41, 5.74) is 4.17. The number of anilines is 2. The average Bonchev–Trinajstić information content (AvgIpc) is 2.72. The Morgan fingerprint density at radius 2 is 1.90 bits per heavy atom. The van der Waals surface area contributed by atoms with E-state index in [-0.39, 0.29) is 0 Å². The molecule has 5 heteroatoms. The third-order valence-corrected chi connectivity index (χ3v) is 3.79. The van der Waals surface area contributed by atoms with Gasteiger partial charge in [-0.3, -0.25) is 4.68 Å². The molecule has 0 amide bonds. The van der Waals surface area contributed by atoms with Crippen molar-refractivity contribution in [3.63, 3.8) is 0 Å². The highest BCUT2D eigenvalue weighted by Crippen LogP contribution is 2.22. The largest absolute Gasteiger partial charge is 0.379 e. The molecule has 108 valence electrons. The van der Waals surface area contributed by atoms with Crippen LogP contribution in [0.3, 0.4) is 0 Å². The number of hydrogen-bond acceptors (Lipinski definition) is 3. The number of hydrogen-bond donors (Lipinski definition) is 1. The lowest BCUT2D eigenvalue weighted by Crippen LogP contribution is -2.09. The summed E-state index contributed by atoms with van der Waals surface area (Å²) in [6.45, 7) is 5.50. The van der Waals surface area contributed by atoms with Crippen molar-refractivity contribution in [1.29, 1.82) is 0 Å². The van der Waals surface area contributed by atoms with Crippen LogP contribution in [0.15, 0.2) is 24.3 Å². The van der Waals surface area contributed by atoms with E-state index in [1.54, 1.807) is 0 Å². The molecule has 1 aromatic heterocycles. The molecule has 20 heavy (non-hydrogen) atoms. The second-order valence-electron chi connectivity index (χ2n) is 4.96. The Labute approximate surface area is 125 Å². The van der Waals surface area contributed by atoms with Crippen LogP contribution in [0.4, 0.5) is 11.4 Å². The summed E-state index contributed by atoms with van der Waals surface area (Å²) in [5, 5.41) is 8.56. The zero-order valence-electron chi connectivity index (χ0n) is 12.4. The number of rotatable bonds is 5. The van der Waals surface area contributed by atoms with Gasteiger partial charge in [0.15, 0.2) is 0 Å². The molecule has 1 heterocycles. The van der Waals surface area contributed by atoms with E-state index in [0.717, 1.165) is 28.6 Å². The molecule has 2 aromatic rings. The predicted molar refractivity (Wildman–Crippen MR) is 85.7 cm³/mol. The van der Waals surface area contributed by atoms with Crippen LogP contribution in [0.1, 0.15) is 18.3 Å². The van der Waals surface area contributed by atoms with Crippen LogP contribution in [-0.4, -0.2) is 23.9 Å². The molecule has 0 atom stereocenters. The highest BCUT2D eigenvalue weighted by atomic mass is 35.5. The van der Waals surface area contributed by atoms with E-state index in [0.29, 0.717) is 6.54 Å². The number of nitrogens with zero attached hydrogens (tertiary/aromatic N) is 3. The minimum Gasteiger partial charge on any atom is -0.379 e. The molecule has 0 bridgehead atoms. The van der Waals surface area contributed by atoms with Gasteiger partial charge in [0.05, 0.1) is 23.0 Å². The molecular weight excluding hydrogens is 272 g/mol. The number of benzene rings is 1. The third-order valence-electron chi connectivity index (χ3n) is 3.30. The Kier molecular flexibility index (Phi) is 4.55. The first kappa shape index (κ1) is 14.7. The second kappa shape index (κ2) is 6.18. The van der Waals surface area contributed by atoms with E-state index in [4.69, 9.17) is 11.6 Å². The van der Waals surface area contributed by atoms with Gasteiger partial charge in [0.25, 0.3) is 0 Å². The van der Waals surface area contributed by atoms with Crippen molar-refractivity contribution < 1.29 is 0 Å². The maximum atomic E-state index is 6.30. The highest BCUT2D eigenvalue weighted by molar-refractivity contribution is 6.31. The maximum absolute atomic E-state index is 6.30. The van der Waals surface area contributed by atoms with Gasteiger partial charge in [0, 0.05) is 32.0 Å². The van der Waals surface area contributed by atoms with Crippen molar-refractivity contribution in [2.45, 2.75) is 26.9 Å². The minimum absolute atomic E-state index is 0.675. The van der Waals surface area contributed by atoms with Gasteiger partial charge in [-0.05, 0) is 38.1 Å². The van der Waals surface area contributed by atoms with Crippen LogP contribution in [0.5, 0.6) is 0 Å². The summed E-state index contributed by atoms with van der Waals surface area (Å²) in [7, 11) is 4.07. The summed E-state index contributed by atoms with van der Waals surface area (Å²) >= 11 is 6.30. The van der Waals surface area contributed by atoms with Gasteiger partial charge in [-0.1, -0.05) is 11.6 Å². The molecule has 0 spiro atoms. The van der Waals surface area contributed by atoms with Crippen LogP contribution < -0.4 is 10.2 Å². The molecule has 2 rings (SSSR count). The first-order valence-corrected chi connectivity index (χ1v) is 7.13. The Hall–Kier alpha value is -1.68. The first-order valence-electron chi connectivity index (χ1n) is 6.76. The minimum atomic E-state index is 0.675. The Balaban J connectivity index is 2.09. The number of aryl methyl sites for hydroxylation is 2. The molecule has 0 saturated carbocycles. The molecule has 0 unspecified atom stereocenters. The zero-order chi connectivity index (χ0) is 14.7. The van der Waals surface area contributed by atoms with Gasteiger partial charge in [-0.25, -0.2) is 0 Å². The molecular formula is C15H21ClN4. The lowest BCUT2D eigenvalue weighted by atomic mass is 10.2. The SMILES string of the molecule is CCn1nc(C)c(Cl)c1CNc1ccc(N(C)C)cc1. The Bertz CT molecular complexity index is 572. The standard InChI is InChI=1S/C15H21ClN4/c1-5-20-14(15(16)11(2)18-20)10-17-12-6-8-13(9-7-12)19(3)4/h6-9,17H,5,10H2,1-4H3. The van der Waals surface area contributed by atoms with E-state index >= 15 is 0 Å². The van der Waals surface area contributed by atoms with E-state index in [1.807, 2.05) is 25.7 Å². The van der Waals surface area contributed by atoms with Crippen molar-refractivity contribution in [1.82, 2.24) is 9.78 Å². The fourth-order valence-electron chi connectivity index (χ4n) is 2.10. The number of halogens is 1. The topological polar surface area (TPSA) is 33.1 Å². The van der Waals surface area contributed by atoms with Crippen LogP contribution in [-0.2, 0) is 13.1 Å². The Morgan fingerprint density at radius 1 is 1.25 bits per heavy atom. The van der Waals surface area contributed by atoms with Gasteiger partial charge in [0.2, 0.25) is 0 Å². The molecule has 0 fully saturated rings. The van der Waals surface area contributed by atoms with Gasteiger partial charge < -0.3 is 10.2 Å². The quantitative estimate of drug-likeness (QED) is 0.915. The van der Waals surface area contributed by atoms with Gasteiger partial charge in [0.1, 0.15) is 0 Å². The normalized spacial score (nSPS) is 10.7. The van der Waals surface area contributed by atoms with Crippen LogP contribution >= 0.6 is 11.6 Å². The Morgan fingerprint density at radius 3 is 2.45 bits per heavy atom. The first-order chi connectivity index (χ1) is 9.52. The lowest BCUT2D eigenvalue weighted by molar-refractivity contribution is 0.623. The smallest absolute Gasteiger partial charge is 0.0865 e. The predicted octanol–water partition coefficient (Wildman–Crippen LogP) is 3.54. The van der Waals surface area contributed by atoms with Crippen LogP contribution in [0.25, 0.3) is 0 Å². The summed E-state index contributed by atoms with van der Waals surface area (Å²) < 4.78 is 1.94. The molecule has 0 aliphatic heterocycles. The lowest BCUT2D eigenvalue weighted by Gasteiger charge is -2.13. The molecule has 0 radical (unpaired) electrons. The fourth-order valence-corrected chi connectivity index (χ4v) is 2.30.